The molecule has 0 saturated carbocycles. The van der Waals surface area contributed by atoms with Gasteiger partial charge in [-0.15, -0.1) is 0 Å². The smallest absolute Gasteiger partial charge is 0.339 e. The van der Waals surface area contributed by atoms with Gasteiger partial charge in [-0.1, -0.05) is 32.1 Å². The summed E-state index contributed by atoms with van der Waals surface area (Å²) in [6, 6.07) is 2.20. The van der Waals surface area contributed by atoms with Crippen LogP contribution in [0.2, 0.25) is 0 Å². The van der Waals surface area contributed by atoms with Crippen molar-refractivity contribution in [1.29, 1.82) is 0 Å². The largest absolute Gasteiger partial charge is 0.508 e. The van der Waals surface area contributed by atoms with Crippen LogP contribution in [0.3, 0.4) is 0 Å². The molecule has 6 heteroatoms. The second-order valence-electron chi connectivity index (χ2n) is 6.44. The minimum Gasteiger partial charge on any atom is -0.508 e. The molecule has 1 heterocycles. The highest BCUT2D eigenvalue weighted by Crippen LogP contribution is 2.19. The number of aliphatic hydroxyl groups is 3. The minimum atomic E-state index is -0.970. The van der Waals surface area contributed by atoms with E-state index >= 15 is 0 Å². The van der Waals surface area contributed by atoms with E-state index in [1.165, 1.54) is 6.07 Å². The van der Waals surface area contributed by atoms with Gasteiger partial charge in [-0.3, -0.25) is 0 Å². The highest BCUT2D eigenvalue weighted by molar-refractivity contribution is 5.19. The molecule has 6 nitrogen and oxygen atoms in total. The number of hydrogen-bond donors (Lipinski definition) is 4. The first kappa shape index (κ1) is 21.2. The third kappa shape index (κ3) is 6.49. The lowest BCUT2D eigenvalue weighted by Gasteiger charge is -2.22. The normalized spacial score (nSPS) is 18.8. The molecule has 5 unspecified atom stereocenters. The van der Waals surface area contributed by atoms with Crippen molar-refractivity contribution in [1.82, 2.24) is 0 Å². The third-order valence-electron chi connectivity index (χ3n) is 4.39. The van der Waals surface area contributed by atoms with E-state index in [4.69, 9.17) is 4.42 Å². The van der Waals surface area contributed by atoms with Gasteiger partial charge in [0.05, 0.1) is 24.4 Å². The molecule has 0 saturated heterocycles. The highest BCUT2D eigenvalue weighted by Gasteiger charge is 2.23. The maximum absolute atomic E-state index is 11.2. The van der Waals surface area contributed by atoms with Crippen LogP contribution in [0.4, 0.5) is 0 Å². The summed E-state index contributed by atoms with van der Waals surface area (Å²) in [5, 5.41) is 39.9. The van der Waals surface area contributed by atoms with Crippen LogP contribution in [0.5, 0.6) is 5.75 Å². The Morgan fingerprint density at radius 2 is 1.84 bits per heavy atom. The van der Waals surface area contributed by atoms with Crippen LogP contribution < -0.4 is 5.63 Å². The van der Waals surface area contributed by atoms with E-state index in [1.807, 2.05) is 26.8 Å². The van der Waals surface area contributed by atoms with Gasteiger partial charge in [0, 0.05) is 24.3 Å². The lowest BCUT2D eigenvalue weighted by molar-refractivity contribution is 0.0416. The first-order valence-electron chi connectivity index (χ1n) is 8.34. The summed E-state index contributed by atoms with van der Waals surface area (Å²) < 4.78 is 4.91. The molecule has 0 aliphatic carbocycles. The minimum absolute atomic E-state index is 0.00837. The number of aliphatic hydroxyl groups excluding tert-OH is 3. The van der Waals surface area contributed by atoms with Crippen molar-refractivity contribution < 1.29 is 24.8 Å². The van der Waals surface area contributed by atoms with Gasteiger partial charge >= 0.3 is 5.63 Å². The van der Waals surface area contributed by atoms with Crippen LogP contribution in [-0.2, 0) is 6.42 Å². The van der Waals surface area contributed by atoms with E-state index in [1.54, 1.807) is 19.1 Å². The summed E-state index contributed by atoms with van der Waals surface area (Å²) in [5.41, 5.74) is 0.149. The van der Waals surface area contributed by atoms with Gasteiger partial charge in [0.25, 0.3) is 0 Å². The Morgan fingerprint density at radius 1 is 1.20 bits per heavy atom. The molecule has 0 aromatic carbocycles. The second-order valence-corrected chi connectivity index (χ2v) is 6.44. The fourth-order valence-electron chi connectivity index (χ4n) is 2.39. The van der Waals surface area contributed by atoms with Crippen molar-refractivity contribution in [3.05, 3.63) is 52.1 Å². The van der Waals surface area contributed by atoms with Crippen LogP contribution in [0.25, 0.3) is 0 Å². The number of aromatic hydroxyl groups is 1. The summed E-state index contributed by atoms with van der Waals surface area (Å²) in [6.07, 6.45) is 2.55. The molecule has 1 aromatic heterocycles. The van der Waals surface area contributed by atoms with Crippen molar-refractivity contribution in [2.45, 2.75) is 52.4 Å². The summed E-state index contributed by atoms with van der Waals surface area (Å²) in [6.45, 7) is 7.19. The molecule has 4 N–H and O–H groups in total. The Balaban J connectivity index is 2.69. The topological polar surface area (TPSA) is 111 Å². The maximum atomic E-state index is 11.2. The van der Waals surface area contributed by atoms with Crippen molar-refractivity contribution in [3.63, 3.8) is 0 Å². The number of hydrogen-bond acceptors (Lipinski definition) is 6. The van der Waals surface area contributed by atoms with Gasteiger partial charge < -0.3 is 24.8 Å². The van der Waals surface area contributed by atoms with Gasteiger partial charge in [-0.2, -0.15) is 0 Å². The molecule has 1 rings (SSSR count). The summed E-state index contributed by atoms with van der Waals surface area (Å²) >= 11 is 0. The molecule has 25 heavy (non-hydrogen) atoms. The highest BCUT2D eigenvalue weighted by atomic mass is 16.4. The lowest BCUT2D eigenvalue weighted by atomic mass is 9.92. The predicted octanol–water partition coefficient (Wildman–Crippen LogP) is 1.77. The molecular formula is C19H28O6. The first-order chi connectivity index (χ1) is 11.6. The standard InChI is InChI=1S/C19H28O6/c1-5-11(2)19(24)12(3)6-7-16(21)13(4)17(22)10-15-8-14(20)9-18(23)25-15/h5-9,12-13,16-17,19-22,24H,10H2,1-4H3/b7-6+,11-5+. The molecule has 0 fully saturated rings. The number of allylic oxidation sites excluding steroid dienone is 1. The first-order valence-corrected chi connectivity index (χ1v) is 8.34. The SMILES string of the molecule is C/C=C(\C)C(O)C(C)/C=C/C(O)C(C)C(O)Cc1cc(O)cc(=O)o1. The molecule has 5 atom stereocenters. The Bertz CT molecular complexity index is 660. The molecule has 0 aliphatic rings. The molecule has 140 valence electrons. The van der Waals surface area contributed by atoms with Gasteiger partial charge in [0.2, 0.25) is 0 Å². The zero-order chi connectivity index (χ0) is 19.1. The molecule has 0 aliphatic heterocycles. The Morgan fingerprint density at radius 3 is 2.40 bits per heavy atom. The fourth-order valence-corrected chi connectivity index (χ4v) is 2.39. The Hall–Kier alpha value is -1.89. The van der Waals surface area contributed by atoms with Gasteiger partial charge in [-0.25, -0.2) is 4.79 Å². The van der Waals surface area contributed by atoms with Crippen LogP contribution in [-0.4, -0.2) is 38.7 Å². The van der Waals surface area contributed by atoms with Crippen molar-refractivity contribution in [2.75, 3.05) is 0 Å². The van der Waals surface area contributed by atoms with Crippen LogP contribution >= 0.6 is 0 Å². The van der Waals surface area contributed by atoms with Crippen molar-refractivity contribution in [2.24, 2.45) is 11.8 Å². The zero-order valence-electron chi connectivity index (χ0n) is 15.1. The van der Waals surface area contributed by atoms with E-state index in [9.17, 15) is 25.2 Å². The molecule has 0 radical (unpaired) electrons. The third-order valence-corrected chi connectivity index (χ3v) is 4.39. The summed E-state index contributed by atoms with van der Waals surface area (Å²) in [4.78, 5) is 11.2. The second kappa shape index (κ2) is 9.56. The number of rotatable bonds is 8. The van der Waals surface area contributed by atoms with E-state index in [0.717, 1.165) is 11.6 Å². The Kier molecular flexibility index (Phi) is 8.09. The van der Waals surface area contributed by atoms with Crippen molar-refractivity contribution in [3.8, 4) is 5.75 Å². The Labute approximate surface area is 147 Å². The zero-order valence-corrected chi connectivity index (χ0v) is 15.1. The van der Waals surface area contributed by atoms with E-state index in [0.29, 0.717) is 0 Å². The van der Waals surface area contributed by atoms with E-state index < -0.39 is 29.9 Å². The van der Waals surface area contributed by atoms with E-state index in [-0.39, 0.29) is 23.8 Å². The van der Waals surface area contributed by atoms with Gasteiger partial charge in [0.1, 0.15) is 11.5 Å². The summed E-state index contributed by atoms with van der Waals surface area (Å²) in [7, 11) is 0. The van der Waals surface area contributed by atoms with E-state index in [2.05, 4.69) is 0 Å². The van der Waals surface area contributed by atoms with Gasteiger partial charge in [0.15, 0.2) is 0 Å². The molecule has 0 spiro atoms. The van der Waals surface area contributed by atoms with Gasteiger partial charge in [-0.05, 0) is 19.4 Å². The molecule has 0 bridgehead atoms. The molecule has 0 amide bonds. The van der Waals surface area contributed by atoms with Crippen LogP contribution in [0.15, 0.2) is 45.1 Å². The average Bonchev–Trinajstić information content (AvgIpc) is 2.56. The predicted molar refractivity (Wildman–Crippen MR) is 95.3 cm³/mol. The maximum Gasteiger partial charge on any atom is 0.339 e. The van der Waals surface area contributed by atoms with Crippen LogP contribution in [0.1, 0.15) is 33.5 Å². The van der Waals surface area contributed by atoms with Crippen LogP contribution in [0, 0.1) is 11.8 Å². The molecular weight excluding hydrogens is 324 g/mol. The molecule has 1 aromatic rings. The van der Waals surface area contributed by atoms with Crippen molar-refractivity contribution >= 4 is 0 Å². The lowest BCUT2D eigenvalue weighted by Crippen LogP contribution is -2.30. The monoisotopic (exact) mass is 352 g/mol. The quantitative estimate of drug-likeness (QED) is 0.531. The summed E-state index contributed by atoms with van der Waals surface area (Å²) in [5.74, 6) is -0.794. The average molecular weight is 352 g/mol. The fraction of sp³-hybridized carbons (Fsp3) is 0.526.